The first kappa shape index (κ1) is 12.8. The van der Waals surface area contributed by atoms with Gasteiger partial charge in [0.2, 0.25) is 0 Å². The smallest absolute Gasteiger partial charge is 0.251 e. The maximum Gasteiger partial charge on any atom is 0.251 e. The third kappa shape index (κ3) is 3.42. The molecule has 0 aliphatic rings. The highest BCUT2D eigenvalue weighted by Crippen LogP contribution is 2.07. The Morgan fingerprint density at radius 2 is 1.94 bits per heavy atom. The zero-order valence-electron chi connectivity index (χ0n) is 10.1. The Bertz CT molecular complexity index is 491. The molecular weight excluding hydrogens is 244 g/mol. The van der Waals surface area contributed by atoms with Crippen molar-refractivity contribution < 1.29 is 4.79 Å². The Kier molecular flexibility index (Phi) is 4.50. The van der Waals surface area contributed by atoms with Gasteiger partial charge in [-0.3, -0.25) is 4.79 Å². The Hall–Kier alpha value is -1.65. The van der Waals surface area contributed by atoms with E-state index in [0.29, 0.717) is 18.7 Å². The van der Waals surface area contributed by atoms with Crippen molar-refractivity contribution >= 4 is 17.2 Å². The predicted octanol–water partition coefficient (Wildman–Crippen LogP) is 2.18. The lowest BCUT2D eigenvalue weighted by Gasteiger charge is -2.05. The van der Waals surface area contributed by atoms with E-state index in [1.54, 1.807) is 11.3 Å². The van der Waals surface area contributed by atoms with Gasteiger partial charge in [-0.05, 0) is 53.1 Å². The summed E-state index contributed by atoms with van der Waals surface area (Å²) in [7, 11) is 0. The maximum absolute atomic E-state index is 11.9. The van der Waals surface area contributed by atoms with E-state index in [4.69, 9.17) is 5.73 Å². The van der Waals surface area contributed by atoms with Crippen LogP contribution in [0.3, 0.4) is 0 Å². The minimum Gasteiger partial charge on any atom is -0.348 e. The summed E-state index contributed by atoms with van der Waals surface area (Å²) in [6.45, 7) is 1.20. The number of carbonyl (C=O) groups is 1. The molecule has 0 bridgehead atoms. The molecule has 0 aliphatic heterocycles. The van der Waals surface area contributed by atoms with Crippen molar-refractivity contribution in [1.82, 2.24) is 5.32 Å². The average molecular weight is 260 g/mol. The normalized spacial score (nSPS) is 10.3. The summed E-state index contributed by atoms with van der Waals surface area (Å²) in [6.07, 6.45) is 0.844. The molecule has 3 nitrogen and oxygen atoms in total. The van der Waals surface area contributed by atoms with Crippen LogP contribution < -0.4 is 11.1 Å². The molecule has 4 heteroatoms. The molecule has 0 radical (unpaired) electrons. The summed E-state index contributed by atoms with van der Waals surface area (Å²) >= 11 is 1.63. The van der Waals surface area contributed by atoms with E-state index in [9.17, 15) is 4.79 Å². The fourth-order valence-corrected chi connectivity index (χ4v) is 2.34. The highest BCUT2D eigenvalue weighted by Gasteiger charge is 2.05. The molecular formula is C14H16N2OS. The molecule has 2 rings (SSSR count). The summed E-state index contributed by atoms with van der Waals surface area (Å²) in [4.78, 5) is 11.9. The lowest BCUT2D eigenvalue weighted by Crippen LogP contribution is -2.22. The molecule has 0 aliphatic carbocycles. The Morgan fingerprint density at radius 1 is 1.17 bits per heavy atom. The second kappa shape index (κ2) is 6.33. The van der Waals surface area contributed by atoms with E-state index in [1.165, 1.54) is 0 Å². The number of carbonyl (C=O) groups excluding carboxylic acids is 1. The number of rotatable bonds is 5. The lowest BCUT2D eigenvalue weighted by atomic mass is 10.1. The summed E-state index contributed by atoms with van der Waals surface area (Å²) in [5, 5.41) is 6.93. The van der Waals surface area contributed by atoms with Crippen molar-refractivity contribution in [2.45, 2.75) is 13.0 Å². The molecule has 1 aromatic heterocycles. The van der Waals surface area contributed by atoms with Crippen LogP contribution in [0.5, 0.6) is 0 Å². The third-order valence-electron chi connectivity index (χ3n) is 2.68. The van der Waals surface area contributed by atoms with Gasteiger partial charge in [-0.1, -0.05) is 12.1 Å². The van der Waals surface area contributed by atoms with Gasteiger partial charge in [0.05, 0.1) is 0 Å². The van der Waals surface area contributed by atoms with Crippen molar-refractivity contribution in [1.29, 1.82) is 0 Å². The van der Waals surface area contributed by atoms with Crippen molar-refractivity contribution in [3.63, 3.8) is 0 Å². The maximum atomic E-state index is 11.9. The number of nitrogens with one attached hydrogen (secondary N) is 1. The van der Waals surface area contributed by atoms with Gasteiger partial charge in [-0.2, -0.15) is 11.3 Å². The van der Waals surface area contributed by atoms with E-state index in [-0.39, 0.29) is 5.91 Å². The summed E-state index contributed by atoms with van der Waals surface area (Å²) in [5.74, 6) is -0.0412. The first-order chi connectivity index (χ1) is 8.79. The van der Waals surface area contributed by atoms with E-state index >= 15 is 0 Å². The summed E-state index contributed by atoms with van der Waals surface area (Å²) in [5.41, 5.74) is 8.46. The van der Waals surface area contributed by atoms with Crippen LogP contribution in [0.1, 0.15) is 21.5 Å². The molecule has 1 heterocycles. The molecule has 1 aromatic carbocycles. The quantitative estimate of drug-likeness (QED) is 0.865. The first-order valence-corrected chi connectivity index (χ1v) is 6.82. The monoisotopic (exact) mass is 260 g/mol. The highest BCUT2D eigenvalue weighted by molar-refractivity contribution is 7.07. The van der Waals surface area contributed by atoms with Crippen LogP contribution in [-0.4, -0.2) is 12.5 Å². The molecule has 0 atom stereocenters. The molecule has 3 N–H and O–H groups in total. The summed E-state index contributed by atoms with van der Waals surface area (Å²) in [6, 6.07) is 9.59. The van der Waals surface area contributed by atoms with Crippen LogP contribution in [0.4, 0.5) is 0 Å². The summed E-state index contributed by atoms with van der Waals surface area (Å²) < 4.78 is 0. The van der Waals surface area contributed by atoms with Crippen LogP contribution in [0, 0.1) is 0 Å². The number of hydrogen-bond acceptors (Lipinski definition) is 3. The van der Waals surface area contributed by atoms with Gasteiger partial charge in [-0.15, -0.1) is 0 Å². The van der Waals surface area contributed by atoms with Gasteiger partial charge >= 0.3 is 0 Å². The molecule has 1 amide bonds. The average Bonchev–Trinajstić information content (AvgIpc) is 2.90. The van der Waals surface area contributed by atoms with Gasteiger partial charge < -0.3 is 11.1 Å². The Labute approximate surface area is 111 Å². The van der Waals surface area contributed by atoms with Gasteiger partial charge in [-0.25, -0.2) is 0 Å². The van der Waals surface area contributed by atoms with Crippen LogP contribution >= 0.6 is 11.3 Å². The van der Waals surface area contributed by atoms with Crippen LogP contribution in [0.25, 0.3) is 0 Å². The predicted molar refractivity (Wildman–Crippen MR) is 74.7 cm³/mol. The molecule has 94 valence electrons. The number of benzene rings is 1. The zero-order chi connectivity index (χ0) is 12.8. The van der Waals surface area contributed by atoms with Crippen molar-refractivity contribution in [2.75, 3.05) is 6.54 Å². The van der Waals surface area contributed by atoms with Crippen molar-refractivity contribution in [2.24, 2.45) is 5.73 Å². The fourth-order valence-electron chi connectivity index (χ4n) is 1.67. The van der Waals surface area contributed by atoms with E-state index in [0.717, 1.165) is 17.5 Å². The molecule has 0 saturated heterocycles. The molecule has 2 aromatic rings. The van der Waals surface area contributed by atoms with Gasteiger partial charge in [0.15, 0.2) is 0 Å². The van der Waals surface area contributed by atoms with E-state index in [1.807, 2.05) is 41.1 Å². The van der Waals surface area contributed by atoms with Gasteiger partial charge in [0.1, 0.15) is 0 Å². The minimum absolute atomic E-state index is 0.0412. The zero-order valence-corrected chi connectivity index (χ0v) is 10.9. The van der Waals surface area contributed by atoms with Crippen molar-refractivity contribution in [3.05, 3.63) is 57.8 Å². The number of thiophene rings is 1. The van der Waals surface area contributed by atoms with Gasteiger partial charge in [0.25, 0.3) is 5.91 Å². The van der Waals surface area contributed by atoms with Crippen molar-refractivity contribution in [3.8, 4) is 0 Å². The number of amides is 1. The van der Waals surface area contributed by atoms with Gasteiger partial charge in [0, 0.05) is 12.1 Å². The largest absolute Gasteiger partial charge is 0.348 e. The van der Waals surface area contributed by atoms with Crippen LogP contribution in [0.15, 0.2) is 41.1 Å². The minimum atomic E-state index is -0.0412. The molecule has 0 saturated carbocycles. The van der Waals surface area contributed by atoms with E-state index in [2.05, 4.69) is 5.32 Å². The lowest BCUT2D eigenvalue weighted by molar-refractivity contribution is 0.0951. The SMILES string of the molecule is NCCc1ccc(C(=O)NCc2ccsc2)cc1. The standard InChI is InChI=1S/C14H16N2OS/c15-7-5-11-1-3-13(4-2-11)14(17)16-9-12-6-8-18-10-12/h1-4,6,8,10H,5,7,9,15H2,(H,16,17). The van der Waals surface area contributed by atoms with E-state index < -0.39 is 0 Å². The van der Waals surface area contributed by atoms with Crippen LogP contribution in [-0.2, 0) is 13.0 Å². The topological polar surface area (TPSA) is 55.1 Å². The second-order valence-corrected chi connectivity index (χ2v) is 4.83. The third-order valence-corrected chi connectivity index (χ3v) is 3.41. The highest BCUT2D eigenvalue weighted by atomic mass is 32.1. The Morgan fingerprint density at radius 3 is 2.56 bits per heavy atom. The fraction of sp³-hybridized carbons (Fsp3) is 0.214. The molecule has 0 unspecified atom stereocenters. The number of hydrogen-bond donors (Lipinski definition) is 2. The van der Waals surface area contributed by atoms with Crippen LogP contribution in [0.2, 0.25) is 0 Å². The molecule has 18 heavy (non-hydrogen) atoms. The molecule has 0 spiro atoms. The second-order valence-electron chi connectivity index (χ2n) is 4.05. The first-order valence-electron chi connectivity index (χ1n) is 5.88. The Balaban J connectivity index is 1.92. The number of nitrogens with two attached hydrogens (primary N) is 1. The molecule has 0 fully saturated rings.